The topological polar surface area (TPSA) is 117 Å². The number of nitro benzene ring substituents is 1. The number of allylic oxidation sites excluding steroid dienone is 1. The Labute approximate surface area is 224 Å². The smallest absolute Gasteiger partial charge is 0.338 e. The van der Waals surface area contributed by atoms with Gasteiger partial charge in [-0.25, -0.2) is 9.79 Å². The molecule has 192 valence electrons. The van der Waals surface area contributed by atoms with Crippen LogP contribution in [0.4, 0.5) is 5.69 Å². The SMILES string of the molecule is COC(=O)C1=C(C)N=c2s/c(=C\c3ccc(-c4cc([N+](=O)[O-])ccc4C)o3)c(=O)n2[C@H]1c1ccc(Cl)cc1. The maximum absolute atomic E-state index is 13.6. The van der Waals surface area contributed by atoms with Crippen LogP contribution in [-0.4, -0.2) is 22.6 Å². The van der Waals surface area contributed by atoms with Crippen LogP contribution >= 0.6 is 22.9 Å². The number of ether oxygens (including phenoxy) is 1. The highest BCUT2D eigenvalue weighted by Crippen LogP contribution is 2.32. The molecule has 1 atom stereocenters. The molecule has 3 heterocycles. The third-order valence-electron chi connectivity index (χ3n) is 6.21. The summed E-state index contributed by atoms with van der Waals surface area (Å²) in [5.41, 5.74) is 2.38. The van der Waals surface area contributed by atoms with Crippen LogP contribution in [0.3, 0.4) is 0 Å². The van der Waals surface area contributed by atoms with Gasteiger partial charge in [-0.3, -0.25) is 19.5 Å². The maximum atomic E-state index is 13.6. The summed E-state index contributed by atoms with van der Waals surface area (Å²) in [6, 6.07) is 14.1. The highest BCUT2D eigenvalue weighted by atomic mass is 35.5. The number of carbonyl (C=O) groups excluding carboxylic acids is 1. The van der Waals surface area contributed by atoms with Gasteiger partial charge in [0.05, 0.1) is 33.9 Å². The predicted molar refractivity (Wildman–Crippen MR) is 143 cm³/mol. The number of methoxy groups -OCH3 is 1. The molecule has 0 fully saturated rings. The van der Waals surface area contributed by atoms with Crippen molar-refractivity contribution in [2.75, 3.05) is 7.11 Å². The van der Waals surface area contributed by atoms with E-state index >= 15 is 0 Å². The largest absolute Gasteiger partial charge is 0.466 e. The number of carbonyl (C=O) groups is 1. The first-order valence-corrected chi connectivity index (χ1v) is 12.6. The summed E-state index contributed by atoms with van der Waals surface area (Å²) in [6.45, 7) is 3.53. The first kappa shape index (κ1) is 25.4. The summed E-state index contributed by atoms with van der Waals surface area (Å²) in [6.07, 6.45) is 1.59. The monoisotopic (exact) mass is 549 g/mol. The minimum atomic E-state index is -0.752. The Balaban J connectivity index is 1.63. The normalized spacial score (nSPS) is 15.3. The van der Waals surface area contributed by atoms with Crippen LogP contribution in [-0.2, 0) is 9.53 Å². The van der Waals surface area contributed by atoms with Gasteiger partial charge < -0.3 is 9.15 Å². The molecule has 2 aromatic carbocycles. The lowest BCUT2D eigenvalue weighted by molar-refractivity contribution is -0.384. The number of nitrogens with zero attached hydrogens (tertiary/aromatic N) is 3. The lowest BCUT2D eigenvalue weighted by Crippen LogP contribution is -2.39. The van der Waals surface area contributed by atoms with Gasteiger partial charge in [-0.1, -0.05) is 41.1 Å². The zero-order valence-corrected chi connectivity index (χ0v) is 22.0. The number of benzene rings is 2. The molecule has 0 saturated carbocycles. The molecule has 9 nitrogen and oxygen atoms in total. The summed E-state index contributed by atoms with van der Waals surface area (Å²) in [5, 5.41) is 11.7. The van der Waals surface area contributed by atoms with Crippen molar-refractivity contribution in [3.8, 4) is 11.3 Å². The second kappa shape index (κ2) is 9.88. The number of hydrogen-bond acceptors (Lipinski definition) is 8. The number of esters is 1. The Kier molecular flexibility index (Phi) is 6.60. The molecule has 0 unspecified atom stereocenters. The van der Waals surface area contributed by atoms with E-state index < -0.39 is 16.9 Å². The number of rotatable bonds is 5. The van der Waals surface area contributed by atoms with E-state index in [1.165, 1.54) is 23.8 Å². The summed E-state index contributed by atoms with van der Waals surface area (Å²) in [4.78, 5) is 42.1. The average molecular weight is 550 g/mol. The van der Waals surface area contributed by atoms with Crippen molar-refractivity contribution in [3.05, 3.63) is 118 Å². The van der Waals surface area contributed by atoms with Gasteiger partial charge in [-0.15, -0.1) is 0 Å². The molecule has 0 aliphatic carbocycles. The van der Waals surface area contributed by atoms with Crippen LogP contribution in [0.5, 0.6) is 0 Å². The quantitative estimate of drug-likeness (QED) is 0.205. The molecule has 1 aliphatic heterocycles. The van der Waals surface area contributed by atoms with Crippen molar-refractivity contribution in [2.24, 2.45) is 4.99 Å². The number of fused-ring (bicyclic) bond motifs is 1. The van der Waals surface area contributed by atoms with Crippen LogP contribution in [0.25, 0.3) is 17.4 Å². The fraction of sp³-hybridized carbons (Fsp3) is 0.148. The third kappa shape index (κ3) is 4.48. The van der Waals surface area contributed by atoms with Gasteiger partial charge >= 0.3 is 5.97 Å². The van der Waals surface area contributed by atoms with E-state index in [1.807, 2.05) is 6.92 Å². The number of halogens is 1. The summed E-state index contributed by atoms with van der Waals surface area (Å²) in [7, 11) is 1.28. The standard InChI is InChI=1S/C27H20ClN3O6S/c1-14-4-9-18(31(34)35)12-20(14)21-11-10-19(37-21)13-22-25(32)30-24(16-5-7-17(28)8-6-16)23(26(33)36-3)15(2)29-27(30)38-22/h4-13,24H,1-3H3/b22-13-/t24-/m0/s1. The fourth-order valence-corrected chi connectivity index (χ4v) is 5.50. The number of nitro groups is 1. The van der Waals surface area contributed by atoms with Crippen molar-refractivity contribution in [2.45, 2.75) is 19.9 Å². The molecule has 4 aromatic rings. The Morgan fingerprint density at radius 1 is 1.18 bits per heavy atom. The molecule has 0 spiro atoms. The van der Waals surface area contributed by atoms with Crippen LogP contribution in [0.15, 0.2) is 80.1 Å². The van der Waals surface area contributed by atoms with E-state index in [1.54, 1.807) is 55.5 Å². The molecule has 0 radical (unpaired) electrons. The van der Waals surface area contributed by atoms with E-state index in [9.17, 15) is 19.7 Å². The lowest BCUT2D eigenvalue weighted by atomic mass is 9.96. The van der Waals surface area contributed by atoms with Crippen molar-refractivity contribution >= 4 is 40.7 Å². The first-order valence-electron chi connectivity index (χ1n) is 11.4. The zero-order chi connectivity index (χ0) is 27.1. The summed E-state index contributed by atoms with van der Waals surface area (Å²) < 4.78 is 12.8. The second-order valence-electron chi connectivity index (χ2n) is 8.58. The van der Waals surface area contributed by atoms with E-state index in [2.05, 4.69) is 4.99 Å². The van der Waals surface area contributed by atoms with E-state index in [4.69, 9.17) is 20.8 Å². The molecule has 0 N–H and O–H groups in total. The van der Waals surface area contributed by atoms with E-state index in [0.29, 0.717) is 42.7 Å². The number of furan rings is 1. The Bertz CT molecular complexity index is 1810. The minimum Gasteiger partial charge on any atom is -0.466 e. The second-order valence-corrected chi connectivity index (χ2v) is 10.0. The van der Waals surface area contributed by atoms with Crippen LogP contribution in [0.1, 0.15) is 29.9 Å². The van der Waals surface area contributed by atoms with Crippen molar-refractivity contribution in [1.82, 2.24) is 4.57 Å². The van der Waals surface area contributed by atoms with Crippen molar-refractivity contribution in [1.29, 1.82) is 0 Å². The highest BCUT2D eigenvalue weighted by Gasteiger charge is 2.33. The molecule has 5 rings (SSSR count). The number of aromatic nitrogens is 1. The van der Waals surface area contributed by atoms with Gasteiger partial charge in [-0.2, -0.15) is 0 Å². The Morgan fingerprint density at radius 2 is 1.92 bits per heavy atom. The van der Waals surface area contributed by atoms with Gasteiger partial charge in [0.2, 0.25) is 0 Å². The highest BCUT2D eigenvalue weighted by molar-refractivity contribution is 7.07. The molecule has 2 aromatic heterocycles. The zero-order valence-electron chi connectivity index (χ0n) is 20.4. The van der Waals surface area contributed by atoms with Gasteiger partial charge in [0.1, 0.15) is 11.5 Å². The van der Waals surface area contributed by atoms with Crippen molar-refractivity contribution in [3.63, 3.8) is 0 Å². The Hall–Kier alpha value is -4.28. The Morgan fingerprint density at radius 3 is 2.61 bits per heavy atom. The molecular formula is C27H20ClN3O6S. The molecular weight excluding hydrogens is 530 g/mol. The molecule has 0 saturated heterocycles. The molecule has 11 heteroatoms. The van der Waals surface area contributed by atoms with Crippen LogP contribution < -0.4 is 14.9 Å². The summed E-state index contributed by atoms with van der Waals surface area (Å²) >= 11 is 7.24. The van der Waals surface area contributed by atoms with Gasteiger partial charge in [0.15, 0.2) is 4.80 Å². The molecule has 38 heavy (non-hydrogen) atoms. The molecule has 1 aliphatic rings. The van der Waals surface area contributed by atoms with Crippen molar-refractivity contribution < 1.29 is 18.9 Å². The maximum Gasteiger partial charge on any atom is 0.338 e. The average Bonchev–Trinajstić information content (AvgIpc) is 3.47. The van der Waals surface area contributed by atoms with Gasteiger partial charge in [0, 0.05) is 28.8 Å². The minimum absolute atomic E-state index is 0.0455. The lowest BCUT2D eigenvalue weighted by Gasteiger charge is -2.24. The van der Waals surface area contributed by atoms with Gasteiger partial charge in [0.25, 0.3) is 11.2 Å². The number of non-ortho nitro benzene ring substituents is 1. The van der Waals surface area contributed by atoms with E-state index in [0.717, 1.165) is 16.9 Å². The number of thiazole rings is 1. The molecule has 0 amide bonds. The van der Waals surface area contributed by atoms with Gasteiger partial charge in [-0.05, 0) is 49.2 Å². The summed E-state index contributed by atoms with van der Waals surface area (Å²) in [5.74, 6) is 0.250. The number of aryl methyl sites for hydroxylation is 1. The first-order chi connectivity index (χ1) is 18.2. The molecule has 0 bridgehead atoms. The van der Waals surface area contributed by atoms with E-state index in [-0.39, 0.29) is 16.8 Å². The van der Waals surface area contributed by atoms with Crippen LogP contribution in [0.2, 0.25) is 5.02 Å². The number of hydrogen-bond donors (Lipinski definition) is 0. The van der Waals surface area contributed by atoms with Crippen LogP contribution in [0, 0.1) is 17.0 Å². The predicted octanol–water partition coefficient (Wildman–Crippen LogP) is 4.54. The fourth-order valence-electron chi connectivity index (χ4n) is 4.35. The third-order valence-corrected chi connectivity index (χ3v) is 7.45.